The molecule has 2 nitrogen and oxygen atoms in total. The van der Waals surface area contributed by atoms with E-state index >= 15 is 0 Å². The van der Waals surface area contributed by atoms with Crippen LogP contribution in [0.2, 0.25) is 0 Å². The van der Waals surface area contributed by atoms with Crippen LogP contribution in [-0.2, 0) is 0 Å². The minimum atomic E-state index is -0.113. The number of aliphatic hydroxyl groups excluding tert-OH is 1. The van der Waals surface area contributed by atoms with Gasteiger partial charge in [-0.15, -0.1) is 0 Å². The van der Waals surface area contributed by atoms with E-state index in [2.05, 4.69) is 34.6 Å². The number of piperidine rings is 1. The molecule has 1 heterocycles. The number of hydrogen-bond acceptors (Lipinski definition) is 1. The van der Waals surface area contributed by atoms with E-state index in [0.717, 1.165) is 6.54 Å². The van der Waals surface area contributed by atoms with Crippen LogP contribution in [0.3, 0.4) is 0 Å². The topological polar surface area (TPSA) is 24.7 Å². The molecular formula is C11H24NO+. The standard InChI is InChI=1S/C11H23NO/c1-8-6-12(11(3,4)5)7-10(13)9(8)2/h8-10,13H,6-7H2,1-5H3/p+1/t8-,9-,10+/m1/s1. The number of aliphatic hydroxyl groups is 1. The second-order valence-electron chi connectivity index (χ2n) is 5.67. The predicted molar refractivity (Wildman–Crippen MR) is 54.8 cm³/mol. The summed E-state index contributed by atoms with van der Waals surface area (Å²) in [6.45, 7) is 13.3. The summed E-state index contributed by atoms with van der Waals surface area (Å²) in [7, 11) is 0. The van der Waals surface area contributed by atoms with Crippen molar-refractivity contribution < 1.29 is 10.0 Å². The van der Waals surface area contributed by atoms with Crippen LogP contribution < -0.4 is 4.90 Å². The van der Waals surface area contributed by atoms with Crippen LogP contribution >= 0.6 is 0 Å². The molecule has 1 aliphatic rings. The van der Waals surface area contributed by atoms with Crippen molar-refractivity contribution in [2.75, 3.05) is 13.1 Å². The van der Waals surface area contributed by atoms with Crippen LogP contribution in [0.15, 0.2) is 0 Å². The minimum absolute atomic E-state index is 0.113. The van der Waals surface area contributed by atoms with Crippen LogP contribution in [0.4, 0.5) is 0 Å². The van der Waals surface area contributed by atoms with Gasteiger partial charge in [-0.05, 0) is 26.7 Å². The first-order valence-electron chi connectivity index (χ1n) is 5.35. The lowest BCUT2D eigenvalue weighted by molar-refractivity contribution is -0.958. The molecule has 78 valence electrons. The van der Waals surface area contributed by atoms with Crippen molar-refractivity contribution in [2.45, 2.75) is 46.3 Å². The van der Waals surface area contributed by atoms with Gasteiger partial charge in [0, 0.05) is 5.92 Å². The van der Waals surface area contributed by atoms with E-state index < -0.39 is 0 Å². The Balaban J connectivity index is 2.64. The molecule has 0 spiro atoms. The Morgan fingerprint density at radius 1 is 1.15 bits per heavy atom. The monoisotopic (exact) mass is 186 g/mol. The Hall–Kier alpha value is -0.0800. The second-order valence-corrected chi connectivity index (χ2v) is 5.67. The summed E-state index contributed by atoms with van der Waals surface area (Å²) in [5.74, 6) is 1.10. The maximum atomic E-state index is 9.86. The Morgan fingerprint density at radius 3 is 2.08 bits per heavy atom. The third-order valence-corrected chi connectivity index (χ3v) is 3.59. The smallest absolute Gasteiger partial charge is 0.106 e. The average Bonchev–Trinajstić information content (AvgIpc) is 1.97. The van der Waals surface area contributed by atoms with Crippen LogP contribution in [0.25, 0.3) is 0 Å². The van der Waals surface area contributed by atoms with Crippen LogP contribution in [0.1, 0.15) is 34.6 Å². The fraction of sp³-hybridized carbons (Fsp3) is 1.00. The first-order chi connectivity index (χ1) is 5.82. The molecular weight excluding hydrogens is 162 g/mol. The number of rotatable bonds is 0. The van der Waals surface area contributed by atoms with Gasteiger partial charge in [-0.25, -0.2) is 0 Å². The first-order valence-corrected chi connectivity index (χ1v) is 5.35. The summed E-state index contributed by atoms with van der Waals surface area (Å²) in [5.41, 5.74) is 0.273. The highest BCUT2D eigenvalue weighted by Gasteiger charge is 2.38. The minimum Gasteiger partial charge on any atom is -0.387 e. The first kappa shape index (κ1) is 11.0. The van der Waals surface area contributed by atoms with E-state index in [0.29, 0.717) is 11.8 Å². The van der Waals surface area contributed by atoms with Gasteiger partial charge in [-0.3, -0.25) is 0 Å². The molecule has 2 heteroatoms. The Labute approximate surface area is 81.9 Å². The molecule has 0 aromatic rings. The van der Waals surface area contributed by atoms with Crippen LogP contribution in [0, 0.1) is 11.8 Å². The molecule has 0 aromatic heterocycles. The zero-order valence-corrected chi connectivity index (χ0v) is 9.59. The third kappa shape index (κ3) is 2.44. The molecule has 0 aromatic carbocycles. The molecule has 2 N–H and O–H groups in total. The summed E-state index contributed by atoms with van der Waals surface area (Å²) in [6.07, 6.45) is -0.113. The van der Waals surface area contributed by atoms with E-state index in [1.165, 1.54) is 11.4 Å². The number of quaternary nitrogens is 1. The van der Waals surface area contributed by atoms with Crippen molar-refractivity contribution in [1.82, 2.24) is 0 Å². The maximum Gasteiger partial charge on any atom is 0.106 e. The highest BCUT2D eigenvalue weighted by atomic mass is 16.3. The maximum absolute atomic E-state index is 9.86. The molecule has 0 radical (unpaired) electrons. The Morgan fingerprint density at radius 2 is 1.69 bits per heavy atom. The molecule has 1 saturated heterocycles. The number of likely N-dealkylation sites (tertiary alicyclic amines) is 1. The molecule has 0 saturated carbocycles. The molecule has 1 fully saturated rings. The lowest BCUT2D eigenvalue weighted by Gasteiger charge is -2.42. The summed E-state index contributed by atoms with van der Waals surface area (Å²) < 4.78 is 0. The SMILES string of the molecule is C[C@@H]1[C@H](C)C[NH+](C(C)(C)C)C[C@@H]1O. The Kier molecular flexibility index (Phi) is 3.03. The zero-order chi connectivity index (χ0) is 10.2. The van der Waals surface area contributed by atoms with Gasteiger partial charge in [0.2, 0.25) is 0 Å². The summed E-state index contributed by atoms with van der Waals surface area (Å²) in [4.78, 5) is 1.53. The predicted octanol–water partition coefficient (Wildman–Crippen LogP) is 0.317. The Bertz CT molecular complexity index is 161. The van der Waals surface area contributed by atoms with Crippen LogP contribution in [-0.4, -0.2) is 29.8 Å². The molecule has 0 aliphatic carbocycles. The lowest BCUT2D eigenvalue weighted by atomic mass is 9.84. The summed E-state index contributed by atoms with van der Waals surface area (Å²) in [5, 5.41) is 9.86. The molecule has 0 bridgehead atoms. The van der Waals surface area contributed by atoms with Gasteiger partial charge in [0.25, 0.3) is 0 Å². The number of nitrogens with one attached hydrogen (secondary N) is 1. The average molecular weight is 186 g/mol. The van der Waals surface area contributed by atoms with E-state index in [9.17, 15) is 5.11 Å². The van der Waals surface area contributed by atoms with Crippen molar-refractivity contribution in [2.24, 2.45) is 11.8 Å². The highest BCUT2D eigenvalue weighted by Crippen LogP contribution is 2.17. The van der Waals surface area contributed by atoms with Crippen molar-refractivity contribution >= 4 is 0 Å². The van der Waals surface area contributed by atoms with Gasteiger partial charge in [0.05, 0.1) is 12.1 Å². The van der Waals surface area contributed by atoms with Crippen molar-refractivity contribution in [3.63, 3.8) is 0 Å². The third-order valence-electron chi connectivity index (χ3n) is 3.59. The van der Waals surface area contributed by atoms with Crippen LogP contribution in [0.5, 0.6) is 0 Å². The van der Waals surface area contributed by atoms with E-state index in [1.807, 2.05) is 0 Å². The van der Waals surface area contributed by atoms with Gasteiger partial charge in [0.15, 0.2) is 0 Å². The van der Waals surface area contributed by atoms with E-state index in [4.69, 9.17) is 0 Å². The van der Waals surface area contributed by atoms with Gasteiger partial charge >= 0.3 is 0 Å². The molecule has 0 amide bonds. The summed E-state index contributed by atoms with van der Waals surface area (Å²) >= 11 is 0. The van der Waals surface area contributed by atoms with Gasteiger partial charge in [-0.2, -0.15) is 0 Å². The molecule has 13 heavy (non-hydrogen) atoms. The second kappa shape index (κ2) is 3.58. The van der Waals surface area contributed by atoms with Crippen molar-refractivity contribution in [3.05, 3.63) is 0 Å². The lowest BCUT2D eigenvalue weighted by Crippen LogP contribution is -3.21. The normalized spacial score (nSPS) is 42.0. The molecule has 1 rings (SSSR count). The summed E-state index contributed by atoms with van der Waals surface area (Å²) in [6, 6.07) is 0. The molecule has 1 aliphatic heterocycles. The molecule has 4 atom stereocenters. The van der Waals surface area contributed by atoms with Gasteiger partial charge < -0.3 is 10.0 Å². The fourth-order valence-electron chi connectivity index (χ4n) is 2.09. The number of hydrogen-bond donors (Lipinski definition) is 2. The van der Waals surface area contributed by atoms with E-state index in [1.54, 1.807) is 0 Å². The highest BCUT2D eigenvalue weighted by molar-refractivity contribution is 4.75. The van der Waals surface area contributed by atoms with E-state index in [-0.39, 0.29) is 11.6 Å². The zero-order valence-electron chi connectivity index (χ0n) is 9.59. The van der Waals surface area contributed by atoms with Gasteiger partial charge in [0.1, 0.15) is 12.6 Å². The van der Waals surface area contributed by atoms with Crippen molar-refractivity contribution in [3.8, 4) is 0 Å². The van der Waals surface area contributed by atoms with Crippen molar-refractivity contribution in [1.29, 1.82) is 0 Å². The molecule has 1 unspecified atom stereocenters. The largest absolute Gasteiger partial charge is 0.387 e. The van der Waals surface area contributed by atoms with Gasteiger partial charge in [-0.1, -0.05) is 13.8 Å². The fourth-order valence-corrected chi connectivity index (χ4v) is 2.09. The quantitative estimate of drug-likeness (QED) is 0.559.